The first-order chi connectivity index (χ1) is 14.5. The average Bonchev–Trinajstić information content (AvgIpc) is 2.74. The molecular formula is C22H22N2O5S. The fourth-order valence-corrected chi connectivity index (χ4v) is 5.44. The number of aromatic nitrogens is 2. The Balaban J connectivity index is 1.81. The molecule has 30 heavy (non-hydrogen) atoms. The lowest BCUT2D eigenvalue weighted by atomic mass is 9.82. The van der Waals surface area contributed by atoms with Crippen LogP contribution in [0.2, 0.25) is 0 Å². The van der Waals surface area contributed by atoms with Gasteiger partial charge in [-0.25, -0.2) is 4.98 Å². The van der Waals surface area contributed by atoms with Crippen LogP contribution in [-0.2, 0) is 20.8 Å². The highest BCUT2D eigenvalue weighted by atomic mass is 32.2. The third-order valence-corrected chi connectivity index (χ3v) is 7.15. The summed E-state index contributed by atoms with van der Waals surface area (Å²) in [5.41, 5.74) is -0.0437. The normalized spacial score (nSPS) is 22.8. The topological polar surface area (TPSA) is 109 Å². The summed E-state index contributed by atoms with van der Waals surface area (Å²) in [6, 6.07) is 8.93. The van der Waals surface area contributed by atoms with Gasteiger partial charge in [0.05, 0.1) is 0 Å². The SMILES string of the molecule is O=C1CCCC(=O)C1C(=O)c1cnc(-c2ccccc2)n([C@H]2CC[S@+]([O-])CC2)c1=O. The number of hydrogen-bond donors (Lipinski definition) is 0. The van der Waals surface area contributed by atoms with Gasteiger partial charge in [-0.05, 0) is 6.42 Å². The number of rotatable bonds is 4. The van der Waals surface area contributed by atoms with Gasteiger partial charge in [-0.15, -0.1) is 0 Å². The molecule has 1 aromatic carbocycles. The molecule has 1 saturated carbocycles. The highest BCUT2D eigenvalue weighted by Gasteiger charge is 2.38. The molecule has 1 aliphatic carbocycles. The standard InChI is InChI=1S/C22H22N2O5S/c25-17-7-4-8-18(26)19(17)20(27)16-13-23-21(14-5-2-1-3-6-14)24(22(16)28)15-9-11-30(29)12-10-15/h1-3,5-6,13,15,19H,4,7-12H2/t15-,30-. The van der Waals surface area contributed by atoms with E-state index in [4.69, 9.17) is 0 Å². The molecule has 4 rings (SSSR count). The number of carbonyl (C=O) groups is 3. The number of hydrogen-bond acceptors (Lipinski definition) is 6. The maximum absolute atomic E-state index is 13.4. The van der Waals surface area contributed by atoms with E-state index in [1.54, 1.807) is 0 Å². The monoisotopic (exact) mass is 426 g/mol. The molecule has 2 fully saturated rings. The quantitative estimate of drug-likeness (QED) is 0.421. The summed E-state index contributed by atoms with van der Waals surface area (Å²) in [6.07, 6.45) is 3.04. The Morgan fingerprint density at radius 2 is 1.67 bits per heavy atom. The van der Waals surface area contributed by atoms with Gasteiger partial charge in [-0.2, -0.15) is 0 Å². The molecule has 0 atom stereocenters. The fraction of sp³-hybridized carbons (Fsp3) is 0.409. The molecule has 2 heterocycles. The van der Waals surface area contributed by atoms with E-state index < -0.39 is 40.0 Å². The molecule has 2 aromatic rings. The summed E-state index contributed by atoms with van der Waals surface area (Å²) >= 11 is -0.912. The van der Waals surface area contributed by atoms with Gasteiger partial charge in [0, 0.05) is 43.5 Å². The number of ketones is 3. The number of carbonyl (C=O) groups excluding carboxylic acids is 3. The maximum atomic E-state index is 13.4. The fourth-order valence-electron chi connectivity index (χ4n) is 4.17. The molecule has 7 nitrogen and oxygen atoms in total. The summed E-state index contributed by atoms with van der Waals surface area (Å²) in [5, 5.41) is 0. The summed E-state index contributed by atoms with van der Waals surface area (Å²) in [5.74, 6) is -1.63. The third kappa shape index (κ3) is 3.89. The second-order valence-electron chi connectivity index (χ2n) is 7.70. The van der Waals surface area contributed by atoms with Crippen LogP contribution in [0, 0.1) is 5.92 Å². The molecule has 156 valence electrons. The van der Waals surface area contributed by atoms with E-state index in [1.165, 1.54) is 10.8 Å². The van der Waals surface area contributed by atoms with E-state index in [2.05, 4.69) is 4.98 Å². The minimum atomic E-state index is -1.40. The first-order valence-corrected chi connectivity index (χ1v) is 11.6. The molecule has 1 aliphatic heterocycles. The smallest absolute Gasteiger partial charge is 0.264 e. The summed E-state index contributed by atoms with van der Waals surface area (Å²) in [7, 11) is 0. The number of Topliss-reactive ketones (excluding diaryl/α,β-unsaturated/α-hetero) is 3. The lowest BCUT2D eigenvalue weighted by Crippen LogP contribution is -2.41. The van der Waals surface area contributed by atoms with Crippen molar-refractivity contribution in [3.05, 3.63) is 52.4 Å². The second-order valence-corrected chi connectivity index (χ2v) is 9.40. The van der Waals surface area contributed by atoms with Gasteiger partial charge in [0.15, 0.2) is 17.3 Å². The van der Waals surface area contributed by atoms with Crippen molar-refractivity contribution < 1.29 is 18.9 Å². The summed E-state index contributed by atoms with van der Waals surface area (Å²) in [4.78, 5) is 55.4. The van der Waals surface area contributed by atoms with Crippen molar-refractivity contribution in [1.82, 2.24) is 9.55 Å². The van der Waals surface area contributed by atoms with Crippen LogP contribution in [0.3, 0.4) is 0 Å². The van der Waals surface area contributed by atoms with Crippen LogP contribution in [0.5, 0.6) is 0 Å². The van der Waals surface area contributed by atoms with Crippen LogP contribution in [0.15, 0.2) is 41.3 Å². The molecule has 2 aliphatic rings. The Morgan fingerprint density at radius 1 is 1.03 bits per heavy atom. The van der Waals surface area contributed by atoms with E-state index >= 15 is 0 Å². The second kappa shape index (κ2) is 8.65. The zero-order valence-corrected chi connectivity index (χ0v) is 17.2. The van der Waals surface area contributed by atoms with Gasteiger partial charge in [-0.3, -0.25) is 23.7 Å². The molecule has 8 heteroatoms. The van der Waals surface area contributed by atoms with Crippen LogP contribution < -0.4 is 5.56 Å². The molecular weight excluding hydrogens is 404 g/mol. The predicted octanol–water partition coefficient (Wildman–Crippen LogP) is 2.11. The van der Waals surface area contributed by atoms with Gasteiger partial charge in [0.25, 0.3) is 5.56 Å². The van der Waals surface area contributed by atoms with Crippen molar-refractivity contribution in [2.24, 2.45) is 5.92 Å². The highest BCUT2D eigenvalue weighted by Crippen LogP contribution is 2.28. The Morgan fingerprint density at radius 3 is 2.30 bits per heavy atom. The molecule has 0 N–H and O–H groups in total. The van der Waals surface area contributed by atoms with Crippen molar-refractivity contribution >= 4 is 28.5 Å². The van der Waals surface area contributed by atoms with Crippen LogP contribution in [0.4, 0.5) is 0 Å². The first-order valence-electron chi connectivity index (χ1n) is 10.1. The van der Waals surface area contributed by atoms with Crippen molar-refractivity contribution in [2.75, 3.05) is 11.5 Å². The Labute approximate surface area is 176 Å². The van der Waals surface area contributed by atoms with E-state index in [0.29, 0.717) is 36.6 Å². The highest BCUT2D eigenvalue weighted by molar-refractivity contribution is 7.91. The largest absolute Gasteiger partial charge is 0.616 e. The third-order valence-electron chi connectivity index (χ3n) is 5.77. The van der Waals surface area contributed by atoms with Gasteiger partial charge in [0.1, 0.15) is 28.8 Å². The minimum Gasteiger partial charge on any atom is -0.616 e. The lowest BCUT2D eigenvalue weighted by Gasteiger charge is -2.28. The molecule has 0 spiro atoms. The van der Waals surface area contributed by atoms with Crippen LogP contribution in [0.1, 0.15) is 48.5 Å². The molecule has 0 radical (unpaired) electrons. The molecule has 0 amide bonds. The molecule has 0 unspecified atom stereocenters. The molecule has 1 aromatic heterocycles. The van der Waals surface area contributed by atoms with Crippen molar-refractivity contribution in [1.29, 1.82) is 0 Å². The van der Waals surface area contributed by atoms with E-state index in [9.17, 15) is 23.7 Å². The van der Waals surface area contributed by atoms with Gasteiger partial charge in [0.2, 0.25) is 0 Å². The van der Waals surface area contributed by atoms with E-state index in [0.717, 1.165) is 5.56 Å². The average molecular weight is 426 g/mol. The van der Waals surface area contributed by atoms with E-state index in [-0.39, 0.29) is 24.4 Å². The summed E-state index contributed by atoms with van der Waals surface area (Å²) in [6.45, 7) is 0. The zero-order chi connectivity index (χ0) is 21.3. The molecule has 0 bridgehead atoms. The van der Waals surface area contributed by atoms with Gasteiger partial charge < -0.3 is 4.55 Å². The predicted molar refractivity (Wildman–Crippen MR) is 112 cm³/mol. The maximum Gasteiger partial charge on any atom is 0.264 e. The molecule has 1 saturated heterocycles. The van der Waals surface area contributed by atoms with Crippen LogP contribution >= 0.6 is 0 Å². The Hall–Kier alpha value is -2.58. The number of benzene rings is 1. The van der Waals surface area contributed by atoms with Crippen molar-refractivity contribution in [3.63, 3.8) is 0 Å². The van der Waals surface area contributed by atoms with Gasteiger partial charge >= 0.3 is 0 Å². The van der Waals surface area contributed by atoms with Crippen LogP contribution in [0.25, 0.3) is 11.4 Å². The Bertz CT molecular complexity index is 1030. The summed E-state index contributed by atoms with van der Waals surface area (Å²) < 4.78 is 13.3. The van der Waals surface area contributed by atoms with Crippen molar-refractivity contribution in [2.45, 2.75) is 38.1 Å². The zero-order valence-electron chi connectivity index (χ0n) is 16.4. The van der Waals surface area contributed by atoms with Crippen LogP contribution in [-0.4, -0.2) is 43.0 Å². The van der Waals surface area contributed by atoms with Crippen molar-refractivity contribution in [3.8, 4) is 11.4 Å². The number of nitrogens with zero attached hydrogens (tertiary/aromatic N) is 2. The Kier molecular flexibility index (Phi) is 5.97. The van der Waals surface area contributed by atoms with E-state index in [1.807, 2.05) is 30.3 Å². The van der Waals surface area contributed by atoms with Gasteiger partial charge in [-0.1, -0.05) is 41.5 Å². The minimum absolute atomic E-state index is 0.167. The first kappa shape index (κ1) is 20.7. The lowest BCUT2D eigenvalue weighted by molar-refractivity contribution is -0.133.